The van der Waals surface area contributed by atoms with Crippen molar-refractivity contribution >= 4 is 19.6 Å². The van der Waals surface area contributed by atoms with Gasteiger partial charge in [0.15, 0.2) is 0 Å². The molecule has 0 aromatic carbocycles. The molecule has 0 aliphatic carbocycles. The molecule has 0 N–H and O–H groups in total. The first-order chi connectivity index (χ1) is 12.5. The van der Waals surface area contributed by atoms with Crippen LogP contribution in [-0.4, -0.2) is 66.1 Å². The number of carbonyl (C=O) groups is 2. The van der Waals surface area contributed by atoms with Gasteiger partial charge >= 0.3 is 19.6 Å². The Labute approximate surface area is 162 Å². The van der Waals surface area contributed by atoms with Crippen molar-refractivity contribution in [2.75, 3.05) is 13.1 Å². The average molecular weight is 383 g/mol. The van der Waals surface area contributed by atoms with Crippen molar-refractivity contribution in [2.45, 2.75) is 90.5 Å². The first kappa shape index (κ1) is 22.1. The molecular formula is C18H32BN2O6. The summed E-state index contributed by atoms with van der Waals surface area (Å²) in [4.78, 5) is 24.6. The second kappa shape index (κ2) is 8.90. The van der Waals surface area contributed by atoms with Gasteiger partial charge in [0.1, 0.15) is 23.3 Å². The minimum Gasteiger partial charge on any atom is -0.459 e. The average Bonchev–Trinajstić information content (AvgIpc) is 3.12. The molecule has 2 aliphatic rings. The van der Waals surface area contributed by atoms with E-state index < -0.39 is 23.3 Å². The Balaban J connectivity index is 1.80. The van der Waals surface area contributed by atoms with Crippen LogP contribution in [0.5, 0.6) is 0 Å². The quantitative estimate of drug-likeness (QED) is 0.509. The zero-order valence-corrected chi connectivity index (χ0v) is 17.3. The van der Waals surface area contributed by atoms with Crippen LogP contribution in [0, 0.1) is 0 Å². The zero-order chi connectivity index (χ0) is 20.2. The van der Waals surface area contributed by atoms with E-state index in [1.54, 1.807) is 10.1 Å². The van der Waals surface area contributed by atoms with E-state index >= 15 is 0 Å². The standard InChI is InChI=1S/C18H32BN2O6/c1-17(2,3)24-15(22)13-9-7-11-20(13)26-19-27-21-12-8-10-14(21)16(23)25-18(4,5)6/h13-14H,7-12H2,1-6H3/t13-,14-/m1/s1. The molecule has 9 heteroatoms. The molecule has 27 heavy (non-hydrogen) atoms. The number of esters is 2. The first-order valence-corrected chi connectivity index (χ1v) is 9.60. The summed E-state index contributed by atoms with van der Waals surface area (Å²) in [6.07, 6.45) is 3.02. The molecule has 0 amide bonds. The van der Waals surface area contributed by atoms with E-state index in [9.17, 15) is 9.59 Å². The third-order valence-electron chi connectivity index (χ3n) is 4.12. The van der Waals surface area contributed by atoms with Crippen LogP contribution >= 0.6 is 0 Å². The Bertz CT molecular complexity index is 485. The minimum atomic E-state index is -0.540. The van der Waals surface area contributed by atoms with Crippen LogP contribution in [0.15, 0.2) is 0 Å². The highest BCUT2D eigenvalue weighted by Crippen LogP contribution is 2.23. The van der Waals surface area contributed by atoms with Crippen molar-refractivity contribution in [3.8, 4) is 0 Å². The van der Waals surface area contributed by atoms with Crippen molar-refractivity contribution in [3.63, 3.8) is 0 Å². The molecule has 0 aromatic heterocycles. The first-order valence-electron chi connectivity index (χ1n) is 9.60. The van der Waals surface area contributed by atoms with Gasteiger partial charge in [0.25, 0.3) is 0 Å². The molecule has 2 atom stereocenters. The number of rotatable bonds is 6. The predicted molar refractivity (Wildman–Crippen MR) is 99.1 cm³/mol. The molecule has 0 spiro atoms. The molecule has 153 valence electrons. The van der Waals surface area contributed by atoms with Crippen molar-refractivity contribution in [3.05, 3.63) is 0 Å². The lowest BCUT2D eigenvalue weighted by molar-refractivity contribution is -0.184. The fourth-order valence-corrected chi connectivity index (χ4v) is 3.07. The van der Waals surface area contributed by atoms with E-state index in [2.05, 4.69) is 0 Å². The lowest BCUT2D eigenvalue weighted by Gasteiger charge is -2.28. The van der Waals surface area contributed by atoms with Gasteiger partial charge in [-0.3, -0.25) is 9.59 Å². The molecule has 8 nitrogen and oxygen atoms in total. The maximum atomic E-state index is 12.3. The maximum Gasteiger partial charge on any atom is 0.525 e. The van der Waals surface area contributed by atoms with Crippen LogP contribution < -0.4 is 0 Å². The van der Waals surface area contributed by atoms with Crippen LogP contribution in [0.3, 0.4) is 0 Å². The van der Waals surface area contributed by atoms with E-state index in [0.717, 1.165) is 12.8 Å². The Hall–Kier alpha value is -1.16. The van der Waals surface area contributed by atoms with Crippen LogP contribution in [0.1, 0.15) is 67.2 Å². The van der Waals surface area contributed by atoms with Crippen molar-refractivity contribution in [1.29, 1.82) is 0 Å². The predicted octanol–water partition coefficient (Wildman–Crippen LogP) is 2.00. The van der Waals surface area contributed by atoms with Crippen molar-refractivity contribution < 1.29 is 28.6 Å². The normalized spacial score (nSPS) is 24.8. The lowest BCUT2D eigenvalue weighted by Crippen LogP contribution is -2.44. The molecular weight excluding hydrogens is 351 g/mol. The zero-order valence-electron chi connectivity index (χ0n) is 17.3. The fraction of sp³-hybridized carbons (Fsp3) is 0.889. The topological polar surface area (TPSA) is 77.5 Å². The largest absolute Gasteiger partial charge is 0.525 e. The van der Waals surface area contributed by atoms with Gasteiger partial charge in [-0.1, -0.05) is 0 Å². The number of hydroxylamine groups is 4. The molecule has 2 rings (SSSR count). The minimum absolute atomic E-state index is 0.304. The molecule has 2 saturated heterocycles. The highest BCUT2D eigenvalue weighted by Gasteiger charge is 2.37. The highest BCUT2D eigenvalue weighted by atomic mass is 16.8. The number of hydrogen-bond acceptors (Lipinski definition) is 8. The summed E-state index contributed by atoms with van der Waals surface area (Å²) in [7, 11) is 1.17. The van der Waals surface area contributed by atoms with Crippen LogP contribution in [0.2, 0.25) is 0 Å². The van der Waals surface area contributed by atoms with Gasteiger partial charge in [-0.15, -0.1) is 0 Å². The van der Waals surface area contributed by atoms with Gasteiger partial charge in [-0.25, -0.2) is 0 Å². The smallest absolute Gasteiger partial charge is 0.459 e. The Kier molecular flexibility index (Phi) is 7.30. The van der Waals surface area contributed by atoms with Gasteiger partial charge in [0, 0.05) is 13.1 Å². The van der Waals surface area contributed by atoms with E-state index in [1.165, 1.54) is 7.69 Å². The van der Waals surface area contributed by atoms with Crippen LogP contribution in [-0.2, 0) is 28.6 Å². The van der Waals surface area contributed by atoms with E-state index in [1.807, 2.05) is 41.5 Å². The Morgan fingerprint density at radius 1 is 0.778 bits per heavy atom. The van der Waals surface area contributed by atoms with Gasteiger partial charge in [0.2, 0.25) is 0 Å². The van der Waals surface area contributed by atoms with Crippen LogP contribution in [0.25, 0.3) is 0 Å². The monoisotopic (exact) mass is 383 g/mol. The summed E-state index contributed by atoms with van der Waals surface area (Å²) in [6, 6.07) is -0.909. The summed E-state index contributed by atoms with van der Waals surface area (Å²) in [5.74, 6) is -0.609. The van der Waals surface area contributed by atoms with E-state index in [-0.39, 0.29) is 11.9 Å². The molecule has 2 aliphatic heterocycles. The SMILES string of the molecule is CC(C)(C)OC(=O)[C@H]1CCCN1O[B]ON1CCC[C@@H]1C(=O)OC(C)(C)C. The van der Waals surface area contributed by atoms with E-state index in [4.69, 9.17) is 19.0 Å². The highest BCUT2D eigenvalue weighted by molar-refractivity contribution is 6.17. The lowest BCUT2D eigenvalue weighted by atomic mass is 10.1. The Morgan fingerprint density at radius 3 is 1.48 bits per heavy atom. The molecule has 0 saturated carbocycles. The fourth-order valence-electron chi connectivity index (χ4n) is 3.07. The number of ether oxygens (including phenoxy) is 2. The molecule has 2 fully saturated rings. The molecule has 0 aromatic rings. The third kappa shape index (κ3) is 7.06. The summed E-state index contributed by atoms with van der Waals surface area (Å²) in [5, 5.41) is 3.12. The Morgan fingerprint density at radius 2 is 1.15 bits per heavy atom. The van der Waals surface area contributed by atoms with Crippen molar-refractivity contribution in [2.24, 2.45) is 0 Å². The van der Waals surface area contributed by atoms with Gasteiger partial charge in [-0.2, -0.15) is 10.1 Å². The summed E-state index contributed by atoms with van der Waals surface area (Å²) >= 11 is 0. The van der Waals surface area contributed by atoms with E-state index in [0.29, 0.717) is 25.9 Å². The molecule has 0 unspecified atom stereocenters. The molecule has 0 bridgehead atoms. The maximum absolute atomic E-state index is 12.3. The molecule has 1 radical (unpaired) electrons. The van der Waals surface area contributed by atoms with Gasteiger partial charge in [0.05, 0.1) is 0 Å². The van der Waals surface area contributed by atoms with Gasteiger partial charge in [-0.05, 0) is 67.2 Å². The number of hydrogen-bond donors (Lipinski definition) is 0. The van der Waals surface area contributed by atoms with Gasteiger partial charge < -0.3 is 19.0 Å². The third-order valence-corrected chi connectivity index (χ3v) is 4.12. The summed E-state index contributed by atoms with van der Waals surface area (Å²) < 4.78 is 21.9. The second-order valence-corrected chi connectivity index (χ2v) is 8.97. The van der Waals surface area contributed by atoms with Crippen molar-refractivity contribution in [1.82, 2.24) is 10.1 Å². The number of nitrogens with zero attached hydrogens (tertiary/aromatic N) is 2. The summed E-state index contributed by atoms with van der Waals surface area (Å²) in [5.41, 5.74) is -1.08. The van der Waals surface area contributed by atoms with Crippen LogP contribution in [0.4, 0.5) is 0 Å². The molecule has 2 heterocycles. The summed E-state index contributed by atoms with van der Waals surface area (Å²) in [6.45, 7) is 12.2. The second-order valence-electron chi connectivity index (χ2n) is 8.97. The number of carbonyl (C=O) groups excluding carboxylic acids is 2.